The third-order valence-electron chi connectivity index (χ3n) is 5.29. The van der Waals surface area contributed by atoms with Crippen molar-refractivity contribution in [2.45, 2.75) is 26.7 Å². The van der Waals surface area contributed by atoms with E-state index >= 15 is 0 Å². The van der Waals surface area contributed by atoms with Crippen LogP contribution in [0.5, 0.6) is 5.75 Å². The average molecular weight is 412 g/mol. The SMILES string of the molecule is COc1ccccc1NC(=O)[C@@H]1CCCN(c2nnc(-n3c(C)ccc3C)s2)C1. The number of ether oxygens (including phenoxy) is 1. The van der Waals surface area contributed by atoms with Crippen molar-refractivity contribution < 1.29 is 9.53 Å². The number of nitrogens with one attached hydrogen (secondary N) is 1. The molecule has 1 saturated heterocycles. The zero-order valence-electron chi connectivity index (χ0n) is 16.9. The second-order valence-electron chi connectivity index (χ2n) is 7.29. The molecule has 0 saturated carbocycles. The minimum atomic E-state index is -0.101. The molecule has 1 aliphatic heterocycles. The fraction of sp³-hybridized carbons (Fsp3) is 0.381. The molecule has 2 aromatic heterocycles. The van der Waals surface area contributed by atoms with Crippen LogP contribution in [0.3, 0.4) is 0 Å². The van der Waals surface area contributed by atoms with Crippen LogP contribution in [0.1, 0.15) is 24.2 Å². The Morgan fingerprint density at radius 1 is 1.14 bits per heavy atom. The molecular weight excluding hydrogens is 386 g/mol. The molecule has 1 fully saturated rings. The summed E-state index contributed by atoms with van der Waals surface area (Å²) in [6, 6.07) is 11.6. The van der Waals surface area contributed by atoms with Gasteiger partial charge in [-0.1, -0.05) is 23.5 Å². The molecule has 0 spiro atoms. The van der Waals surface area contributed by atoms with Crippen LogP contribution in [0.15, 0.2) is 36.4 Å². The number of carbonyl (C=O) groups excluding carboxylic acids is 1. The number of piperidine rings is 1. The van der Waals surface area contributed by atoms with E-state index < -0.39 is 0 Å². The summed E-state index contributed by atoms with van der Waals surface area (Å²) in [7, 11) is 1.61. The Kier molecular flexibility index (Phi) is 5.53. The smallest absolute Gasteiger partial charge is 0.229 e. The molecule has 1 amide bonds. The zero-order chi connectivity index (χ0) is 20.4. The first-order valence-corrected chi connectivity index (χ1v) is 10.6. The maximum atomic E-state index is 12.9. The highest BCUT2D eigenvalue weighted by molar-refractivity contribution is 7.17. The van der Waals surface area contributed by atoms with Crippen molar-refractivity contribution in [2.75, 3.05) is 30.4 Å². The van der Waals surface area contributed by atoms with Crippen LogP contribution in [0.2, 0.25) is 0 Å². The van der Waals surface area contributed by atoms with E-state index in [1.54, 1.807) is 18.4 Å². The summed E-state index contributed by atoms with van der Waals surface area (Å²) in [4.78, 5) is 15.0. The lowest BCUT2D eigenvalue weighted by molar-refractivity contribution is -0.120. The van der Waals surface area contributed by atoms with Crippen molar-refractivity contribution in [3.8, 4) is 10.9 Å². The normalized spacial score (nSPS) is 16.7. The van der Waals surface area contributed by atoms with Crippen molar-refractivity contribution in [1.29, 1.82) is 0 Å². The van der Waals surface area contributed by atoms with Crippen molar-refractivity contribution in [3.63, 3.8) is 0 Å². The predicted molar refractivity (Wildman–Crippen MR) is 115 cm³/mol. The van der Waals surface area contributed by atoms with Crippen LogP contribution in [-0.2, 0) is 4.79 Å². The van der Waals surface area contributed by atoms with Gasteiger partial charge in [-0.05, 0) is 51.0 Å². The van der Waals surface area contributed by atoms with E-state index in [0.29, 0.717) is 18.0 Å². The van der Waals surface area contributed by atoms with Gasteiger partial charge in [0, 0.05) is 24.5 Å². The number of aromatic nitrogens is 3. The average Bonchev–Trinajstić information content (AvgIpc) is 3.34. The van der Waals surface area contributed by atoms with Crippen LogP contribution in [0.4, 0.5) is 10.8 Å². The van der Waals surface area contributed by atoms with Crippen LogP contribution in [0.25, 0.3) is 5.13 Å². The highest BCUT2D eigenvalue weighted by Gasteiger charge is 2.28. The van der Waals surface area contributed by atoms with Crippen molar-refractivity contribution >= 4 is 28.1 Å². The third-order valence-corrected chi connectivity index (χ3v) is 6.26. The fourth-order valence-electron chi connectivity index (χ4n) is 3.74. The Labute approximate surface area is 174 Å². The van der Waals surface area contributed by atoms with Crippen molar-refractivity contribution in [3.05, 3.63) is 47.8 Å². The van der Waals surface area contributed by atoms with Gasteiger partial charge in [0.15, 0.2) is 0 Å². The van der Waals surface area contributed by atoms with Gasteiger partial charge in [0.2, 0.25) is 16.2 Å². The number of para-hydroxylation sites is 2. The summed E-state index contributed by atoms with van der Waals surface area (Å²) in [5, 5.41) is 13.5. The molecule has 3 heterocycles. The van der Waals surface area contributed by atoms with Crippen LogP contribution in [-0.4, -0.2) is 40.9 Å². The fourth-order valence-corrected chi connectivity index (χ4v) is 4.74. The summed E-state index contributed by atoms with van der Waals surface area (Å²) in [6.07, 6.45) is 1.81. The quantitative estimate of drug-likeness (QED) is 0.691. The Bertz CT molecular complexity index is 993. The largest absolute Gasteiger partial charge is 0.495 e. The molecule has 1 aliphatic rings. The monoisotopic (exact) mass is 411 g/mol. The molecule has 0 unspecified atom stereocenters. The predicted octanol–water partition coefficient (Wildman–Crippen LogP) is 3.81. The molecule has 1 atom stereocenters. The Morgan fingerprint density at radius 2 is 1.86 bits per heavy atom. The summed E-state index contributed by atoms with van der Waals surface area (Å²) < 4.78 is 7.45. The number of hydrogen-bond acceptors (Lipinski definition) is 6. The van der Waals surface area contributed by atoms with E-state index in [0.717, 1.165) is 41.0 Å². The first-order chi connectivity index (χ1) is 14.1. The number of hydrogen-bond donors (Lipinski definition) is 1. The second kappa shape index (κ2) is 8.24. The summed E-state index contributed by atoms with van der Waals surface area (Å²) >= 11 is 1.56. The van der Waals surface area contributed by atoms with Gasteiger partial charge < -0.3 is 15.0 Å². The number of methoxy groups -OCH3 is 1. The van der Waals surface area contributed by atoms with E-state index in [-0.39, 0.29) is 11.8 Å². The Morgan fingerprint density at radius 3 is 2.62 bits per heavy atom. The highest BCUT2D eigenvalue weighted by Crippen LogP contribution is 2.30. The molecule has 7 nitrogen and oxygen atoms in total. The molecule has 1 N–H and O–H groups in total. The van der Waals surface area contributed by atoms with Crippen LogP contribution < -0.4 is 15.0 Å². The molecule has 0 bridgehead atoms. The maximum absolute atomic E-state index is 12.9. The number of aryl methyl sites for hydroxylation is 2. The minimum absolute atomic E-state index is 0.0148. The van der Waals surface area contributed by atoms with Gasteiger partial charge in [0.25, 0.3) is 0 Å². The standard InChI is InChI=1S/C21H25N5O2S/c1-14-10-11-15(2)26(14)21-24-23-20(29-21)25-12-6-7-16(13-25)19(27)22-17-8-4-5-9-18(17)28-3/h4-5,8-11,16H,6-7,12-13H2,1-3H3,(H,22,27)/t16-/m1/s1. The molecule has 0 aliphatic carbocycles. The molecule has 1 aromatic carbocycles. The van der Waals surface area contributed by atoms with Crippen molar-refractivity contribution in [1.82, 2.24) is 14.8 Å². The topological polar surface area (TPSA) is 72.3 Å². The van der Waals surface area contributed by atoms with Gasteiger partial charge >= 0.3 is 0 Å². The number of amides is 1. The molecule has 4 rings (SSSR count). The third kappa shape index (κ3) is 3.98. The van der Waals surface area contributed by atoms with E-state index in [9.17, 15) is 4.79 Å². The van der Waals surface area contributed by atoms with E-state index in [1.807, 2.05) is 24.3 Å². The molecular formula is C21H25N5O2S. The van der Waals surface area contributed by atoms with Gasteiger partial charge in [-0.15, -0.1) is 10.2 Å². The minimum Gasteiger partial charge on any atom is -0.495 e. The van der Waals surface area contributed by atoms with Gasteiger partial charge in [-0.25, -0.2) is 0 Å². The number of rotatable bonds is 5. The van der Waals surface area contributed by atoms with Crippen LogP contribution >= 0.6 is 11.3 Å². The molecule has 0 radical (unpaired) electrons. The second-order valence-corrected chi connectivity index (χ2v) is 8.23. The van der Waals surface area contributed by atoms with E-state index in [4.69, 9.17) is 4.74 Å². The van der Waals surface area contributed by atoms with Gasteiger partial charge in [0.1, 0.15) is 5.75 Å². The van der Waals surface area contributed by atoms with Gasteiger partial charge in [-0.2, -0.15) is 0 Å². The first-order valence-electron chi connectivity index (χ1n) is 9.74. The summed E-state index contributed by atoms with van der Waals surface area (Å²) in [5.74, 6) is 0.580. The van der Waals surface area contributed by atoms with E-state index in [2.05, 4.69) is 51.0 Å². The number of anilines is 2. The zero-order valence-corrected chi connectivity index (χ0v) is 17.7. The number of benzene rings is 1. The lowest BCUT2D eigenvalue weighted by Gasteiger charge is -2.31. The summed E-state index contributed by atoms with van der Waals surface area (Å²) in [6.45, 7) is 5.65. The lowest BCUT2D eigenvalue weighted by atomic mass is 9.97. The number of nitrogens with zero attached hydrogens (tertiary/aromatic N) is 4. The Hall–Kier alpha value is -2.87. The highest BCUT2D eigenvalue weighted by atomic mass is 32.1. The molecule has 3 aromatic rings. The molecule has 8 heteroatoms. The van der Waals surface area contributed by atoms with Gasteiger partial charge in [0.05, 0.1) is 18.7 Å². The first kappa shape index (κ1) is 19.4. The maximum Gasteiger partial charge on any atom is 0.229 e. The van der Waals surface area contributed by atoms with E-state index in [1.165, 1.54) is 0 Å². The lowest BCUT2D eigenvalue weighted by Crippen LogP contribution is -2.40. The number of carbonyl (C=O) groups is 1. The summed E-state index contributed by atoms with van der Waals surface area (Å²) in [5.41, 5.74) is 2.98. The van der Waals surface area contributed by atoms with Crippen LogP contribution in [0, 0.1) is 19.8 Å². The van der Waals surface area contributed by atoms with Crippen molar-refractivity contribution in [2.24, 2.45) is 5.92 Å². The van der Waals surface area contributed by atoms with Gasteiger partial charge in [-0.3, -0.25) is 9.36 Å². The Balaban J connectivity index is 1.47. The molecule has 29 heavy (non-hydrogen) atoms. The molecule has 152 valence electrons.